The van der Waals surface area contributed by atoms with Crippen LogP contribution in [0.25, 0.3) is 11.0 Å². The van der Waals surface area contributed by atoms with Crippen LogP contribution in [-0.2, 0) is 17.9 Å². The molecule has 208 valence electrons. The molecule has 1 aromatic heterocycles. The van der Waals surface area contributed by atoms with E-state index in [1.807, 2.05) is 35.2 Å². The first kappa shape index (κ1) is 27.4. The quantitative estimate of drug-likeness (QED) is 0.251. The molecule has 3 aromatic carbocycles. The van der Waals surface area contributed by atoms with E-state index in [1.54, 1.807) is 6.07 Å². The summed E-state index contributed by atoms with van der Waals surface area (Å²) in [6.45, 7) is 6.09. The molecular formula is C31H32Cl3N5O. The van der Waals surface area contributed by atoms with Crippen molar-refractivity contribution in [3.05, 3.63) is 93.2 Å². The van der Waals surface area contributed by atoms with Crippen LogP contribution in [-0.4, -0.2) is 64.5 Å². The Labute approximate surface area is 250 Å². The predicted molar refractivity (Wildman–Crippen MR) is 164 cm³/mol. The molecule has 2 aliphatic heterocycles. The number of rotatable bonds is 6. The molecule has 0 saturated carbocycles. The largest absolute Gasteiger partial charge is 0.367 e. The summed E-state index contributed by atoms with van der Waals surface area (Å²) in [7, 11) is 0. The van der Waals surface area contributed by atoms with Crippen LogP contribution in [0.5, 0.6) is 0 Å². The Balaban J connectivity index is 1.12. The number of nitrogens with zero attached hydrogens (tertiary/aromatic N) is 5. The van der Waals surface area contributed by atoms with Crippen LogP contribution >= 0.6 is 34.8 Å². The van der Waals surface area contributed by atoms with E-state index in [0.29, 0.717) is 23.1 Å². The van der Waals surface area contributed by atoms with Gasteiger partial charge in [0, 0.05) is 49.3 Å². The van der Waals surface area contributed by atoms with Gasteiger partial charge in [-0.25, -0.2) is 4.98 Å². The number of aromatic nitrogens is 2. The standard InChI is InChI=1S/C31H32Cl3N5O/c32-24-9-7-22(8-10-24)19-39-29-6-2-1-5-27(29)35-30(39)21-36-13-3-4-23(20-36)31(40)38-16-14-37(15-17-38)28-12-11-25(33)18-26(28)34/h1-2,5-12,18,23H,3-4,13-17,19-21H2/t23-/m1/s1. The molecule has 1 amide bonds. The van der Waals surface area contributed by atoms with E-state index < -0.39 is 0 Å². The number of carbonyl (C=O) groups is 1. The molecule has 2 saturated heterocycles. The lowest BCUT2D eigenvalue weighted by atomic mass is 9.96. The van der Waals surface area contributed by atoms with E-state index >= 15 is 0 Å². The fourth-order valence-corrected chi connectivity index (χ4v) is 6.61. The number of hydrogen-bond acceptors (Lipinski definition) is 4. The Kier molecular flexibility index (Phi) is 8.22. The fraction of sp³-hybridized carbons (Fsp3) is 0.355. The highest BCUT2D eigenvalue weighted by Crippen LogP contribution is 2.30. The fourth-order valence-electron chi connectivity index (χ4n) is 5.96. The van der Waals surface area contributed by atoms with Crippen LogP contribution in [0.2, 0.25) is 15.1 Å². The molecule has 0 radical (unpaired) electrons. The Morgan fingerprint density at radius 2 is 1.60 bits per heavy atom. The number of piperazine rings is 1. The van der Waals surface area contributed by atoms with E-state index in [-0.39, 0.29) is 11.8 Å². The lowest BCUT2D eigenvalue weighted by Gasteiger charge is -2.40. The molecule has 6 nitrogen and oxygen atoms in total. The lowest BCUT2D eigenvalue weighted by Crippen LogP contribution is -2.52. The van der Waals surface area contributed by atoms with Gasteiger partial charge in [-0.2, -0.15) is 0 Å². The van der Waals surface area contributed by atoms with Crippen LogP contribution in [0.4, 0.5) is 5.69 Å². The van der Waals surface area contributed by atoms with E-state index in [9.17, 15) is 4.79 Å². The van der Waals surface area contributed by atoms with E-state index in [1.165, 1.54) is 5.56 Å². The second kappa shape index (κ2) is 12.0. The smallest absolute Gasteiger partial charge is 0.227 e. The normalized spacial score (nSPS) is 18.4. The van der Waals surface area contributed by atoms with Gasteiger partial charge >= 0.3 is 0 Å². The van der Waals surface area contributed by atoms with Crippen LogP contribution in [0.3, 0.4) is 0 Å². The number of halogens is 3. The van der Waals surface area contributed by atoms with Crippen molar-refractivity contribution in [2.45, 2.75) is 25.9 Å². The molecule has 0 N–H and O–H groups in total. The van der Waals surface area contributed by atoms with Gasteiger partial charge in [0.25, 0.3) is 0 Å². The summed E-state index contributed by atoms with van der Waals surface area (Å²) in [5.74, 6) is 1.30. The van der Waals surface area contributed by atoms with Gasteiger partial charge in [0.15, 0.2) is 0 Å². The van der Waals surface area contributed by atoms with Crippen molar-refractivity contribution in [1.82, 2.24) is 19.4 Å². The average molecular weight is 597 g/mol. The zero-order valence-corrected chi connectivity index (χ0v) is 24.5. The zero-order valence-electron chi connectivity index (χ0n) is 22.3. The van der Waals surface area contributed by atoms with Gasteiger partial charge < -0.3 is 14.4 Å². The molecule has 3 heterocycles. The molecule has 1 atom stereocenters. The van der Waals surface area contributed by atoms with Crippen LogP contribution in [0.1, 0.15) is 24.2 Å². The van der Waals surface area contributed by atoms with Crippen LogP contribution < -0.4 is 4.90 Å². The molecule has 0 bridgehead atoms. The monoisotopic (exact) mass is 595 g/mol. The molecule has 0 unspecified atom stereocenters. The third-order valence-corrected chi connectivity index (χ3v) is 8.84. The van der Waals surface area contributed by atoms with Crippen molar-refractivity contribution in [3.63, 3.8) is 0 Å². The summed E-state index contributed by atoms with van der Waals surface area (Å²) in [5.41, 5.74) is 4.27. The average Bonchev–Trinajstić information content (AvgIpc) is 3.30. The van der Waals surface area contributed by atoms with Gasteiger partial charge in [-0.3, -0.25) is 9.69 Å². The highest BCUT2D eigenvalue weighted by molar-refractivity contribution is 6.36. The maximum absolute atomic E-state index is 13.6. The number of carbonyl (C=O) groups excluding carboxylic acids is 1. The van der Waals surface area contributed by atoms with Gasteiger partial charge in [-0.05, 0) is 67.4 Å². The molecule has 2 fully saturated rings. The Hall–Kier alpha value is -2.77. The molecular weight excluding hydrogens is 565 g/mol. The Bertz CT molecular complexity index is 1500. The summed E-state index contributed by atoms with van der Waals surface area (Å²) in [5, 5.41) is 2.01. The first-order valence-corrected chi connectivity index (χ1v) is 15.0. The molecule has 9 heteroatoms. The van der Waals surface area contributed by atoms with E-state index in [2.05, 4.69) is 44.7 Å². The minimum Gasteiger partial charge on any atom is -0.367 e. The highest BCUT2D eigenvalue weighted by Gasteiger charge is 2.32. The van der Waals surface area contributed by atoms with E-state index in [0.717, 1.165) is 79.7 Å². The number of hydrogen-bond donors (Lipinski definition) is 0. The highest BCUT2D eigenvalue weighted by atomic mass is 35.5. The minimum atomic E-state index is 0.00788. The van der Waals surface area contributed by atoms with Gasteiger partial charge in [0.05, 0.1) is 34.2 Å². The van der Waals surface area contributed by atoms with Gasteiger partial charge in [-0.1, -0.05) is 59.1 Å². The van der Waals surface area contributed by atoms with Crippen molar-refractivity contribution in [1.29, 1.82) is 0 Å². The number of anilines is 1. The Morgan fingerprint density at radius 3 is 2.38 bits per heavy atom. The minimum absolute atomic E-state index is 0.00788. The van der Waals surface area contributed by atoms with Gasteiger partial charge in [0.1, 0.15) is 5.82 Å². The summed E-state index contributed by atoms with van der Waals surface area (Å²) in [6, 6.07) is 21.9. The second-order valence-corrected chi connectivity index (χ2v) is 12.0. The number of likely N-dealkylation sites (tertiary alicyclic amines) is 1. The van der Waals surface area contributed by atoms with Crippen molar-refractivity contribution in [3.8, 4) is 0 Å². The number of piperidine rings is 1. The van der Waals surface area contributed by atoms with Crippen LogP contribution in [0.15, 0.2) is 66.7 Å². The zero-order chi connectivity index (χ0) is 27.6. The van der Waals surface area contributed by atoms with Crippen molar-refractivity contribution in [2.24, 2.45) is 5.92 Å². The molecule has 4 aromatic rings. The summed E-state index contributed by atoms with van der Waals surface area (Å²) in [6.07, 6.45) is 1.94. The third kappa shape index (κ3) is 5.96. The van der Waals surface area contributed by atoms with E-state index in [4.69, 9.17) is 39.8 Å². The van der Waals surface area contributed by atoms with Crippen molar-refractivity contribution in [2.75, 3.05) is 44.2 Å². The molecule has 40 heavy (non-hydrogen) atoms. The third-order valence-electron chi connectivity index (χ3n) is 8.05. The second-order valence-electron chi connectivity index (χ2n) is 10.7. The first-order valence-electron chi connectivity index (χ1n) is 13.8. The molecule has 0 aliphatic carbocycles. The number of benzene rings is 3. The lowest BCUT2D eigenvalue weighted by molar-refractivity contribution is -0.137. The van der Waals surface area contributed by atoms with Crippen molar-refractivity contribution >= 4 is 57.4 Å². The van der Waals surface area contributed by atoms with Crippen LogP contribution in [0, 0.1) is 5.92 Å². The number of fused-ring (bicyclic) bond motifs is 1. The number of imidazole rings is 1. The predicted octanol–water partition coefficient (Wildman–Crippen LogP) is 6.61. The number of amides is 1. The van der Waals surface area contributed by atoms with Gasteiger partial charge in [0.2, 0.25) is 5.91 Å². The SMILES string of the molecule is O=C([C@@H]1CCCN(Cc2nc3ccccc3n2Cc2ccc(Cl)cc2)C1)N1CCN(c2ccc(Cl)cc2Cl)CC1. The molecule has 6 rings (SSSR count). The topological polar surface area (TPSA) is 44.6 Å². The summed E-state index contributed by atoms with van der Waals surface area (Å²) < 4.78 is 2.30. The molecule has 0 spiro atoms. The summed E-state index contributed by atoms with van der Waals surface area (Å²) >= 11 is 18.6. The first-order chi connectivity index (χ1) is 19.4. The summed E-state index contributed by atoms with van der Waals surface area (Å²) in [4.78, 5) is 25.3. The Morgan fingerprint density at radius 1 is 0.850 bits per heavy atom. The molecule has 2 aliphatic rings. The number of para-hydroxylation sites is 2. The maximum Gasteiger partial charge on any atom is 0.227 e. The maximum atomic E-state index is 13.6. The van der Waals surface area contributed by atoms with Crippen molar-refractivity contribution < 1.29 is 4.79 Å². The van der Waals surface area contributed by atoms with Gasteiger partial charge in [-0.15, -0.1) is 0 Å².